The number of aliphatic imine (C=N–C) groups is 1. The molecule has 6 nitrogen and oxygen atoms in total. The fourth-order valence-corrected chi connectivity index (χ4v) is 3.77. The van der Waals surface area contributed by atoms with Gasteiger partial charge in [0.25, 0.3) is 0 Å². The number of benzene rings is 3. The highest BCUT2D eigenvalue weighted by molar-refractivity contribution is 6.21. The van der Waals surface area contributed by atoms with E-state index in [4.69, 9.17) is 4.99 Å². The van der Waals surface area contributed by atoms with Crippen LogP contribution in [0.4, 0.5) is 15.8 Å². The first-order valence-corrected chi connectivity index (χ1v) is 11.0. The predicted molar refractivity (Wildman–Crippen MR) is 135 cm³/mol. The normalized spacial score (nSPS) is 11.9. The van der Waals surface area contributed by atoms with Gasteiger partial charge < -0.3 is 19.9 Å². The summed E-state index contributed by atoms with van der Waals surface area (Å²) in [6, 6.07) is 21.2. The molecule has 0 saturated carbocycles. The second-order valence-electron chi connectivity index (χ2n) is 8.39. The summed E-state index contributed by atoms with van der Waals surface area (Å²) in [5.41, 5.74) is 3.79. The van der Waals surface area contributed by atoms with Gasteiger partial charge in [0.05, 0.1) is 22.5 Å². The number of hydrogen-bond donors (Lipinski definition) is 2. The van der Waals surface area contributed by atoms with E-state index in [1.165, 1.54) is 12.1 Å². The summed E-state index contributed by atoms with van der Waals surface area (Å²) < 4.78 is 13.7. The Morgan fingerprint density at radius 1 is 1.00 bits per heavy atom. The zero-order valence-corrected chi connectivity index (χ0v) is 19.4. The molecule has 0 unspecified atom stereocenters. The smallest absolute Gasteiger partial charge is 0.228 e. The van der Waals surface area contributed by atoms with Crippen LogP contribution in [0.2, 0.25) is 0 Å². The number of aromatic hydroxyl groups is 1. The number of aromatic amines is 1. The van der Waals surface area contributed by atoms with Crippen molar-refractivity contribution in [1.29, 1.82) is 0 Å². The molecule has 0 atom stereocenters. The molecule has 174 valence electrons. The van der Waals surface area contributed by atoms with Crippen LogP contribution in [0.5, 0.6) is 5.88 Å². The molecule has 1 heterocycles. The van der Waals surface area contributed by atoms with Crippen molar-refractivity contribution in [3.8, 4) is 5.88 Å². The van der Waals surface area contributed by atoms with Crippen molar-refractivity contribution in [3.63, 3.8) is 0 Å². The first kappa shape index (κ1) is 23.2. The van der Waals surface area contributed by atoms with Gasteiger partial charge in [-0.2, -0.15) is 0 Å². The lowest BCUT2D eigenvalue weighted by Gasteiger charge is -2.19. The summed E-state index contributed by atoms with van der Waals surface area (Å²) in [6.45, 7) is 0.685. The van der Waals surface area contributed by atoms with Gasteiger partial charge >= 0.3 is 0 Å². The molecule has 4 rings (SSSR count). The van der Waals surface area contributed by atoms with Gasteiger partial charge in [-0.3, -0.25) is 4.79 Å². The van der Waals surface area contributed by atoms with E-state index in [1.54, 1.807) is 18.0 Å². The van der Waals surface area contributed by atoms with Crippen LogP contribution in [0.3, 0.4) is 0 Å². The minimum Gasteiger partial charge on any atom is -0.494 e. The molecule has 1 amide bonds. The minimum atomic E-state index is -0.390. The number of aromatic nitrogens is 1. The van der Waals surface area contributed by atoms with Crippen LogP contribution in [-0.2, 0) is 4.79 Å². The third-order valence-corrected chi connectivity index (χ3v) is 5.65. The maximum Gasteiger partial charge on any atom is 0.228 e. The van der Waals surface area contributed by atoms with Crippen molar-refractivity contribution in [3.05, 3.63) is 89.7 Å². The first-order chi connectivity index (χ1) is 16.3. The highest BCUT2D eigenvalue weighted by atomic mass is 19.1. The molecule has 3 aromatic carbocycles. The second-order valence-corrected chi connectivity index (χ2v) is 8.39. The molecule has 0 fully saturated rings. The summed E-state index contributed by atoms with van der Waals surface area (Å²) in [7, 11) is 5.63. The summed E-state index contributed by atoms with van der Waals surface area (Å²) in [5, 5.41) is 11.4. The van der Waals surface area contributed by atoms with Gasteiger partial charge in [-0.1, -0.05) is 30.3 Å². The Labute approximate surface area is 198 Å². The summed E-state index contributed by atoms with van der Waals surface area (Å²) in [5.74, 6) is -0.435. The van der Waals surface area contributed by atoms with Crippen molar-refractivity contribution in [1.82, 2.24) is 9.88 Å². The van der Waals surface area contributed by atoms with Crippen LogP contribution < -0.4 is 4.90 Å². The van der Waals surface area contributed by atoms with E-state index in [-0.39, 0.29) is 11.8 Å². The van der Waals surface area contributed by atoms with E-state index in [0.717, 1.165) is 11.3 Å². The third kappa shape index (κ3) is 5.00. The number of carbonyl (C=O) groups is 1. The van der Waals surface area contributed by atoms with E-state index in [0.29, 0.717) is 40.8 Å². The molecule has 0 saturated heterocycles. The number of amides is 1. The predicted octanol–water partition coefficient (Wildman–Crippen LogP) is 5.10. The van der Waals surface area contributed by atoms with E-state index >= 15 is 0 Å². The molecule has 0 aliphatic heterocycles. The number of halogens is 1. The fourth-order valence-electron chi connectivity index (χ4n) is 3.77. The number of nitrogens with zero attached hydrogens (tertiary/aromatic N) is 3. The summed E-state index contributed by atoms with van der Waals surface area (Å²) in [6.07, 6.45) is 0.433. The van der Waals surface area contributed by atoms with Crippen LogP contribution in [0.1, 0.15) is 17.5 Å². The molecular formula is C27H27FN4O2. The topological polar surface area (TPSA) is 71.9 Å². The van der Waals surface area contributed by atoms with Crippen molar-refractivity contribution in [2.24, 2.45) is 4.99 Å². The van der Waals surface area contributed by atoms with E-state index < -0.39 is 5.82 Å². The van der Waals surface area contributed by atoms with Gasteiger partial charge in [-0.15, -0.1) is 0 Å². The zero-order chi connectivity index (χ0) is 24.2. The quantitative estimate of drug-likeness (QED) is 0.379. The summed E-state index contributed by atoms with van der Waals surface area (Å²) >= 11 is 0. The highest BCUT2D eigenvalue weighted by Crippen LogP contribution is 2.32. The minimum absolute atomic E-state index is 0.0332. The Hall–Kier alpha value is -3.97. The van der Waals surface area contributed by atoms with Gasteiger partial charge in [-0.25, -0.2) is 9.38 Å². The number of anilines is 1. The van der Waals surface area contributed by atoms with Crippen molar-refractivity contribution >= 4 is 33.9 Å². The van der Waals surface area contributed by atoms with Crippen LogP contribution >= 0.6 is 0 Å². The molecule has 34 heavy (non-hydrogen) atoms. The van der Waals surface area contributed by atoms with E-state index in [2.05, 4.69) is 4.98 Å². The lowest BCUT2D eigenvalue weighted by molar-refractivity contribution is -0.118. The van der Waals surface area contributed by atoms with E-state index in [9.17, 15) is 14.3 Å². The molecule has 2 N–H and O–H groups in total. The van der Waals surface area contributed by atoms with E-state index in [1.807, 2.05) is 73.6 Å². The first-order valence-electron chi connectivity index (χ1n) is 11.0. The lowest BCUT2D eigenvalue weighted by atomic mass is 10.0. The van der Waals surface area contributed by atoms with Crippen molar-refractivity contribution in [2.45, 2.75) is 6.42 Å². The largest absolute Gasteiger partial charge is 0.494 e. The van der Waals surface area contributed by atoms with Crippen LogP contribution in [0, 0.1) is 5.82 Å². The van der Waals surface area contributed by atoms with Crippen molar-refractivity contribution in [2.75, 3.05) is 32.6 Å². The Bertz CT molecular complexity index is 1330. The molecule has 4 aromatic rings. The Morgan fingerprint density at radius 2 is 1.71 bits per heavy atom. The third-order valence-electron chi connectivity index (χ3n) is 5.65. The molecule has 0 radical (unpaired) electrons. The molecule has 0 spiro atoms. The van der Waals surface area contributed by atoms with Crippen LogP contribution in [-0.4, -0.2) is 54.3 Å². The number of hydrogen-bond acceptors (Lipinski definition) is 4. The second kappa shape index (κ2) is 9.89. The van der Waals surface area contributed by atoms with Crippen LogP contribution in [0.25, 0.3) is 10.9 Å². The van der Waals surface area contributed by atoms with Gasteiger partial charge in [0, 0.05) is 36.7 Å². The van der Waals surface area contributed by atoms with Crippen molar-refractivity contribution < 1.29 is 14.3 Å². The van der Waals surface area contributed by atoms with Gasteiger partial charge in [-0.05, 0) is 56.6 Å². The number of rotatable bonds is 7. The number of H-pyrrole nitrogens is 1. The fraction of sp³-hybridized carbons (Fsp3) is 0.185. The molecule has 1 aromatic heterocycles. The Morgan fingerprint density at radius 3 is 2.38 bits per heavy atom. The standard InChI is InChI=1S/C27H27FN4O2/c1-31(2)16-15-24(33)32(3)21-12-10-20(11-13-21)29-26(18-7-5-4-6-8-18)25-22-14-9-19(28)17-23(22)30-27(25)34/h4-14,17,30,34H,15-16H2,1-3H3. The Kier molecular flexibility index (Phi) is 6.75. The highest BCUT2D eigenvalue weighted by Gasteiger charge is 2.19. The monoisotopic (exact) mass is 458 g/mol. The Balaban J connectivity index is 1.72. The maximum atomic E-state index is 13.7. The van der Waals surface area contributed by atoms with Crippen LogP contribution in [0.15, 0.2) is 77.8 Å². The average molecular weight is 459 g/mol. The lowest BCUT2D eigenvalue weighted by Crippen LogP contribution is -2.29. The number of carbonyl (C=O) groups excluding carboxylic acids is 1. The molecule has 0 aliphatic carbocycles. The molecule has 7 heteroatoms. The van der Waals surface area contributed by atoms with Gasteiger partial charge in [0.2, 0.25) is 5.91 Å². The summed E-state index contributed by atoms with van der Waals surface area (Å²) in [4.78, 5) is 23.7. The SMILES string of the molecule is CN(C)CCC(=O)N(C)c1ccc(N=C(c2ccccc2)c2c(O)[nH]c3cc(F)ccc23)cc1. The molecule has 0 bridgehead atoms. The number of nitrogens with one attached hydrogen (secondary N) is 1. The van der Waals surface area contributed by atoms with Gasteiger partial charge in [0.15, 0.2) is 5.88 Å². The zero-order valence-electron chi connectivity index (χ0n) is 19.4. The maximum absolute atomic E-state index is 13.7. The van der Waals surface area contributed by atoms with Gasteiger partial charge in [0.1, 0.15) is 5.82 Å². The molecule has 0 aliphatic rings. The number of fused-ring (bicyclic) bond motifs is 1. The average Bonchev–Trinajstić information content (AvgIpc) is 3.15. The molecular weight excluding hydrogens is 431 g/mol.